The summed E-state index contributed by atoms with van der Waals surface area (Å²) >= 11 is 0.730. The van der Waals surface area contributed by atoms with Crippen LogP contribution in [0.5, 0.6) is 0 Å². The number of amides is 2. The maximum atomic E-state index is 10.9. The summed E-state index contributed by atoms with van der Waals surface area (Å²) in [6.07, 6.45) is 0. The molecule has 5 nitrogen and oxygen atoms in total. The first-order chi connectivity index (χ1) is 5.52. The summed E-state index contributed by atoms with van der Waals surface area (Å²) in [6.45, 7) is 1.40. The molecule has 0 spiro atoms. The van der Waals surface area contributed by atoms with E-state index in [-0.39, 0.29) is 0 Å². The van der Waals surface area contributed by atoms with Crippen LogP contribution in [0.3, 0.4) is 0 Å². The van der Waals surface area contributed by atoms with Crippen molar-refractivity contribution in [3.8, 4) is 0 Å². The molecule has 12 heavy (non-hydrogen) atoms. The molecule has 1 heterocycles. The van der Waals surface area contributed by atoms with Crippen LogP contribution in [0.25, 0.3) is 0 Å². The summed E-state index contributed by atoms with van der Waals surface area (Å²) in [5, 5.41) is 9.31. The number of carboxylic acids is 1. The molecule has 1 aliphatic heterocycles. The molecule has 2 amide bonds. The number of carbonyl (C=O) groups excluding carboxylic acids is 2. The normalized spacial score (nSPS) is 25.2. The summed E-state index contributed by atoms with van der Waals surface area (Å²) in [6, 6.07) is 0. The van der Waals surface area contributed by atoms with Gasteiger partial charge in [-0.3, -0.25) is 19.7 Å². The Bertz CT molecular complexity index is 252. The number of carboxylic acid groups (broad SMARTS) is 1. The largest absolute Gasteiger partial charge is 0.481 e. The van der Waals surface area contributed by atoms with E-state index < -0.39 is 28.3 Å². The Hall–Kier alpha value is -1.04. The highest BCUT2D eigenvalue weighted by atomic mass is 32.2. The van der Waals surface area contributed by atoms with Gasteiger partial charge in [0, 0.05) is 0 Å². The van der Waals surface area contributed by atoms with Crippen molar-refractivity contribution in [3.05, 3.63) is 0 Å². The summed E-state index contributed by atoms with van der Waals surface area (Å²) in [5.74, 6) is -2.42. The van der Waals surface area contributed by atoms with Crippen molar-refractivity contribution >= 4 is 28.9 Å². The quantitative estimate of drug-likeness (QED) is 0.641. The van der Waals surface area contributed by atoms with Gasteiger partial charge in [-0.25, -0.2) is 0 Å². The smallest absolute Gasteiger partial charge is 0.307 e. The first kappa shape index (κ1) is 9.05. The monoisotopic (exact) mass is 189 g/mol. The highest BCUT2D eigenvalue weighted by Gasteiger charge is 2.38. The van der Waals surface area contributed by atoms with Crippen LogP contribution in [0, 0.1) is 5.92 Å². The van der Waals surface area contributed by atoms with Gasteiger partial charge < -0.3 is 5.11 Å². The Morgan fingerprint density at radius 3 is 2.58 bits per heavy atom. The van der Waals surface area contributed by atoms with E-state index in [2.05, 4.69) is 0 Å². The van der Waals surface area contributed by atoms with Crippen LogP contribution in [0.15, 0.2) is 0 Å². The van der Waals surface area contributed by atoms with Crippen LogP contribution in [-0.4, -0.2) is 27.5 Å². The van der Waals surface area contributed by atoms with Crippen molar-refractivity contribution in [2.24, 2.45) is 5.92 Å². The van der Waals surface area contributed by atoms with Gasteiger partial charge >= 0.3 is 5.97 Å². The summed E-state index contributed by atoms with van der Waals surface area (Å²) in [5.41, 5.74) is 0. The number of thioether (sulfide) groups is 1. The Morgan fingerprint density at radius 1 is 1.67 bits per heavy atom. The fraction of sp³-hybridized carbons (Fsp3) is 0.500. The van der Waals surface area contributed by atoms with Gasteiger partial charge in [0.05, 0.1) is 5.92 Å². The number of aliphatic carboxylic acids is 1. The van der Waals surface area contributed by atoms with Crippen molar-refractivity contribution in [1.82, 2.24) is 5.32 Å². The van der Waals surface area contributed by atoms with Gasteiger partial charge in [-0.05, 0) is 0 Å². The third-order valence-corrected chi connectivity index (χ3v) is 2.75. The third-order valence-electron chi connectivity index (χ3n) is 1.56. The molecule has 1 fully saturated rings. The molecule has 6 heteroatoms. The van der Waals surface area contributed by atoms with Gasteiger partial charge in [0.2, 0.25) is 5.91 Å². The molecule has 0 bridgehead atoms. The molecule has 1 saturated heterocycles. The van der Waals surface area contributed by atoms with E-state index in [1.54, 1.807) is 0 Å². The lowest BCUT2D eigenvalue weighted by Crippen LogP contribution is -2.32. The fourth-order valence-corrected chi connectivity index (χ4v) is 1.71. The highest BCUT2D eigenvalue weighted by molar-refractivity contribution is 8.15. The summed E-state index contributed by atoms with van der Waals surface area (Å²) < 4.78 is 0. The zero-order valence-corrected chi connectivity index (χ0v) is 7.05. The second kappa shape index (κ2) is 3.14. The Balaban J connectivity index is 2.70. The maximum absolute atomic E-state index is 10.9. The van der Waals surface area contributed by atoms with Crippen LogP contribution in [-0.2, 0) is 9.59 Å². The minimum atomic E-state index is -1.07. The number of imide groups is 1. The van der Waals surface area contributed by atoms with Crippen LogP contribution in [0.2, 0.25) is 0 Å². The van der Waals surface area contributed by atoms with Gasteiger partial charge in [-0.1, -0.05) is 18.7 Å². The van der Waals surface area contributed by atoms with Crippen molar-refractivity contribution in [2.45, 2.75) is 12.2 Å². The van der Waals surface area contributed by atoms with Gasteiger partial charge in [-0.2, -0.15) is 0 Å². The Labute approximate surface area is 72.5 Å². The molecule has 0 saturated carbocycles. The minimum absolute atomic E-state index is 0.474. The standard InChI is InChI=1S/C6H7NO4S/c1-2(5(9)10)3-4(8)7-6(11)12-3/h2-3H,1H3,(H,9,10)(H,7,8,11)/t2-,3-/m0/s1. The summed E-state index contributed by atoms with van der Waals surface area (Å²) in [4.78, 5) is 32.0. The topological polar surface area (TPSA) is 83.5 Å². The number of rotatable bonds is 2. The number of carbonyl (C=O) groups is 3. The van der Waals surface area contributed by atoms with Crippen LogP contribution in [0.1, 0.15) is 6.92 Å². The van der Waals surface area contributed by atoms with E-state index in [1.807, 2.05) is 5.32 Å². The van der Waals surface area contributed by atoms with Crippen molar-refractivity contribution in [3.63, 3.8) is 0 Å². The van der Waals surface area contributed by atoms with E-state index in [4.69, 9.17) is 5.11 Å². The zero-order valence-electron chi connectivity index (χ0n) is 6.23. The average Bonchev–Trinajstić information content (AvgIpc) is 2.28. The molecule has 0 aromatic heterocycles. The van der Waals surface area contributed by atoms with Gasteiger partial charge in [0.25, 0.3) is 5.24 Å². The molecule has 0 unspecified atom stereocenters. The molecular formula is C6H7NO4S. The van der Waals surface area contributed by atoms with Crippen molar-refractivity contribution in [2.75, 3.05) is 0 Å². The van der Waals surface area contributed by atoms with Crippen LogP contribution >= 0.6 is 11.8 Å². The van der Waals surface area contributed by atoms with Crippen molar-refractivity contribution in [1.29, 1.82) is 0 Å². The predicted octanol–water partition coefficient (Wildman–Crippen LogP) is 0.0587. The first-order valence-electron chi connectivity index (χ1n) is 3.26. The molecule has 0 aromatic carbocycles. The molecule has 2 N–H and O–H groups in total. The second-order valence-corrected chi connectivity index (χ2v) is 3.56. The van der Waals surface area contributed by atoms with E-state index in [1.165, 1.54) is 6.92 Å². The Morgan fingerprint density at radius 2 is 2.25 bits per heavy atom. The lowest BCUT2D eigenvalue weighted by atomic mass is 10.1. The second-order valence-electron chi connectivity index (χ2n) is 2.44. The molecule has 1 aliphatic rings. The lowest BCUT2D eigenvalue weighted by Gasteiger charge is -2.08. The number of hydrogen-bond donors (Lipinski definition) is 2. The SMILES string of the molecule is C[C@H](C(=O)O)[C@@H]1SC(=O)NC1=O. The van der Waals surface area contributed by atoms with Gasteiger partial charge in [0.15, 0.2) is 0 Å². The molecule has 66 valence electrons. The lowest BCUT2D eigenvalue weighted by molar-refractivity contribution is -0.142. The fourth-order valence-electron chi connectivity index (χ4n) is 0.829. The van der Waals surface area contributed by atoms with Crippen LogP contribution in [0.4, 0.5) is 4.79 Å². The molecule has 1 rings (SSSR count). The molecular weight excluding hydrogens is 182 g/mol. The number of hydrogen-bond acceptors (Lipinski definition) is 4. The van der Waals surface area contributed by atoms with E-state index >= 15 is 0 Å². The molecule has 0 radical (unpaired) electrons. The maximum Gasteiger partial charge on any atom is 0.307 e. The van der Waals surface area contributed by atoms with E-state index in [9.17, 15) is 14.4 Å². The van der Waals surface area contributed by atoms with Crippen LogP contribution < -0.4 is 5.32 Å². The summed E-state index contributed by atoms with van der Waals surface area (Å²) in [7, 11) is 0. The van der Waals surface area contributed by atoms with Crippen molar-refractivity contribution < 1.29 is 19.5 Å². The van der Waals surface area contributed by atoms with Gasteiger partial charge in [0.1, 0.15) is 5.25 Å². The molecule has 2 atom stereocenters. The zero-order chi connectivity index (χ0) is 9.30. The number of nitrogens with one attached hydrogen (secondary N) is 1. The van der Waals surface area contributed by atoms with E-state index in [0.717, 1.165) is 11.8 Å². The average molecular weight is 189 g/mol. The highest BCUT2D eigenvalue weighted by Crippen LogP contribution is 2.25. The van der Waals surface area contributed by atoms with E-state index in [0.29, 0.717) is 0 Å². The molecule has 0 aliphatic carbocycles. The first-order valence-corrected chi connectivity index (χ1v) is 4.14. The third kappa shape index (κ3) is 1.58. The minimum Gasteiger partial charge on any atom is -0.481 e. The Kier molecular flexibility index (Phi) is 2.37. The predicted molar refractivity (Wildman–Crippen MR) is 41.7 cm³/mol. The molecule has 0 aromatic rings. The van der Waals surface area contributed by atoms with Gasteiger partial charge in [-0.15, -0.1) is 0 Å².